The summed E-state index contributed by atoms with van der Waals surface area (Å²) in [6.45, 7) is 6.00. The fourth-order valence-corrected chi connectivity index (χ4v) is 2.01. The number of hydrogen-bond donors (Lipinski definition) is 0. The highest BCUT2D eigenvalue weighted by molar-refractivity contribution is 5.04. The third-order valence-electron chi connectivity index (χ3n) is 3.11. The zero-order valence-corrected chi connectivity index (χ0v) is 11.2. The first-order chi connectivity index (χ1) is 8.78. The van der Waals surface area contributed by atoms with Gasteiger partial charge in [0.05, 0.1) is 38.2 Å². The molecule has 0 saturated carbocycles. The van der Waals surface area contributed by atoms with Crippen LogP contribution in [0.5, 0.6) is 0 Å². The summed E-state index contributed by atoms with van der Waals surface area (Å²) in [5.74, 6) is 0.926. The van der Waals surface area contributed by atoms with Gasteiger partial charge in [-0.25, -0.2) is 0 Å². The van der Waals surface area contributed by atoms with Crippen molar-refractivity contribution in [1.29, 1.82) is 0 Å². The van der Waals surface area contributed by atoms with Gasteiger partial charge in [0.1, 0.15) is 0 Å². The van der Waals surface area contributed by atoms with Gasteiger partial charge in [0.2, 0.25) is 0 Å². The Balaban J connectivity index is 1.69. The predicted molar refractivity (Wildman–Crippen MR) is 67.4 cm³/mol. The maximum absolute atomic E-state index is 5.61. The van der Waals surface area contributed by atoms with Crippen LogP contribution in [0.4, 0.5) is 0 Å². The monoisotopic (exact) mass is 254 g/mol. The van der Waals surface area contributed by atoms with Gasteiger partial charge in [-0.2, -0.15) is 0 Å². The second kappa shape index (κ2) is 6.87. The van der Waals surface area contributed by atoms with Gasteiger partial charge in [0.15, 0.2) is 5.76 Å². The molecule has 1 fully saturated rings. The molecule has 18 heavy (non-hydrogen) atoms. The molecule has 2 rings (SSSR count). The van der Waals surface area contributed by atoms with E-state index >= 15 is 0 Å². The molecule has 1 aromatic heterocycles. The summed E-state index contributed by atoms with van der Waals surface area (Å²) in [5.41, 5.74) is 1.02. The first-order valence-corrected chi connectivity index (χ1v) is 6.60. The topological polar surface area (TPSA) is 47.7 Å². The maximum Gasteiger partial charge on any atom is 0.150 e. The minimum Gasteiger partial charge on any atom is -0.376 e. The number of hydrogen-bond acceptors (Lipinski definition) is 5. The molecule has 0 radical (unpaired) electrons. The van der Waals surface area contributed by atoms with E-state index in [9.17, 15) is 0 Å². The number of nitrogens with zero attached hydrogens (tertiary/aromatic N) is 2. The average Bonchev–Trinajstić information content (AvgIpc) is 2.85. The summed E-state index contributed by atoms with van der Waals surface area (Å²) < 4.78 is 16.3. The molecule has 0 bridgehead atoms. The van der Waals surface area contributed by atoms with Crippen LogP contribution in [0.2, 0.25) is 0 Å². The SMILES string of the molecule is CCc1cc(CN(C)CCC2COCCO2)on1. The fourth-order valence-electron chi connectivity index (χ4n) is 2.01. The number of rotatable bonds is 6. The average molecular weight is 254 g/mol. The van der Waals surface area contributed by atoms with Crippen molar-refractivity contribution in [2.75, 3.05) is 33.4 Å². The highest BCUT2D eigenvalue weighted by atomic mass is 16.6. The van der Waals surface area contributed by atoms with Crippen LogP contribution >= 0.6 is 0 Å². The van der Waals surface area contributed by atoms with Crippen LogP contribution in [-0.2, 0) is 22.4 Å². The molecule has 1 aliphatic rings. The highest BCUT2D eigenvalue weighted by Gasteiger charge is 2.15. The van der Waals surface area contributed by atoms with E-state index < -0.39 is 0 Å². The maximum atomic E-state index is 5.61. The summed E-state index contributed by atoms with van der Waals surface area (Å²) in [6.07, 6.45) is 2.15. The second-order valence-corrected chi connectivity index (χ2v) is 4.73. The van der Waals surface area contributed by atoms with Crippen molar-refractivity contribution in [3.63, 3.8) is 0 Å². The van der Waals surface area contributed by atoms with E-state index in [0.29, 0.717) is 0 Å². The largest absolute Gasteiger partial charge is 0.376 e. The third kappa shape index (κ3) is 4.08. The number of aromatic nitrogens is 1. The van der Waals surface area contributed by atoms with Gasteiger partial charge in [-0.1, -0.05) is 12.1 Å². The van der Waals surface area contributed by atoms with Crippen molar-refractivity contribution in [3.05, 3.63) is 17.5 Å². The predicted octanol–water partition coefficient (Wildman–Crippen LogP) is 1.47. The summed E-state index contributed by atoms with van der Waals surface area (Å²) in [6, 6.07) is 2.02. The smallest absolute Gasteiger partial charge is 0.150 e. The molecule has 5 heteroatoms. The molecule has 0 aromatic carbocycles. The molecule has 0 amide bonds. The Kier molecular flexibility index (Phi) is 5.16. The Morgan fingerprint density at radius 3 is 3.00 bits per heavy atom. The van der Waals surface area contributed by atoms with E-state index in [-0.39, 0.29) is 6.10 Å². The van der Waals surface area contributed by atoms with Gasteiger partial charge in [-0.3, -0.25) is 4.90 Å². The third-order valence-corrected chi connectivity index (χ3v) is 3.11. The van der Waals surface area contributed by atoms with Crippen LogP contribution in [0.3, 0.4) is 0 Å². The zero-order valence-electron chi connectivity index (χ0n) is 11.2. The Morgan fingerprint density at radius 1 is 1.44 bits per heavy atom. The van der Waals surface area contributed by atoms with Crippen LogP contribution in [-0.4, -0.2) is 49.6 Å². The van der Waals surface area contributed by atoms with Crippen LogP contribution in [0.25, 0.3) is 0 Å². The van der Waals surface area contributed by atoms with Gasteiger partial charge < -0.3 is 14.0 Å². The van der Waals surface area contributed by atoms with Gasteiger partial charge in [-0.15, -0.1) is 0 Å². The number of ether oxygens (including phenoxy) is 2. The van der Waals surface area contributed by atoms with Crippen molar-refractivity contribution in [2.45, 2.75) is 32.4 Å². The molecule has 2 heterocycles. The normalized spacial score (nSPS) is 20.5. The van der Waals surface area contributed by atoms with Crippen LogP contribution in [0, 0.1) is 0 Å². The molecule has 1 saturated heterocycles. The molecule has 1 unspecified atom stereocenters. The first kappa shape index (κ1) is 13.5. The molecular weight excluding hydrogens is 232 g/mol. The van der Waals surface area contributed by atoms with E-state index in [2.05, 4.69) is 24.0 Å². The second-order valence-electron chi connectivity index (χ2n) is 4.73. The van der Waals surface area contributed by atoms with Gasteiger partial charge in [0, 0.05) is 12.6 Å². The Bertz CT molecular complexity index is 348. The lowest BCUT2D eigenvalue weighted by Crippen LogP contribution is -2.32. The molecule has 0 N–H and O–H groups in total. The van der Waals surface area contributed by atoms with Gasteiger partial charge in [0.25, 0.3) is 0 Å². The van der Waals surface area contributed by atoms with Gasteiger partial charge in [-0.05, 0) is 19.9 Å². The molecule has 5 nitrogen and oxygen atoms in total. The first-order valence-electron chi connectivity index (χ1n) is 6.60. The molecule has 1 aliphatic heterocycles. The summed E-state index contributed by atoms with van der Waals surface area (Å²) in [7, 11) is 2.08. The lowest BCUT2D eigenvalue weighted by molar-refractivity contribution is -0.0924. The minimum atomic E-state index is 0.238. The zero-order chi connectivity index (χ0) is 12.8. The quantitative estimate of drug-likeness (QED) is 0.769. The Morgan fingerprint density at radius 2 is 2.33 bits per heavy atom. The van der Waals surface area contributed by atoms with E-state index in [1.165, 1.54) is 0 Å². The van der Waals surface area contributed by atoms with Crippen LogP contribution in [0.15, 0.2) is 10.6 Å². The summed E-state index contributed by atoms with van der Waals surface area (Å²) in [5, 5.41) is 3.99. The van der Waals surface area contributed by atoms with Crippen molar-refractivity contribution in [2.24, 2.45) is 0 Å². The van der Waals surface area contributed by atoms with Crippen LogP contribution < -0.4 is 0 Å². The molecule has 0 spiro atoms. The lowest BCUT2D eigenvalue weighted by atomic mass is 10.2. The molecule has 1 atom stereocenters. The Labute approximate surface area is 108 Å². The molecular formula is C13H22N2O3. The van der Waals surface area contributed by atoms with Crippen molar-refractivity contribution in [3.8, 4) is 0 Å². The highest BCUT2D eigenvalue weighted by Crippen LogP contribution is 2.09. The van der Waals surface area contributed by atoms with Crippen LogP contribution in [0.1, 0.15) is 24.8 Å². The minimum absolute atomic E-state index is 0.238. The summed E-state index contributed by atoms with van der Waals surface area (Å²) >= 11 is 0. The fraction of sp³-hybridized carbons (Fsp3) is 0.769. The molecule has 1 aromatic rings. The summed E-state index contributed by atoms with van der Waals surface area (Å²) in [4.78, 5) is 2.22. The van der Waals surface area contributed by atoms with E-state index in [4.69, 9.17) is 14.0 Å². The van der Waals surface area contributed by atoms with E-state index in [1.54, 1.807) is 0 Å². The molecule has 102 valence electrons. The lowest BCUT2D eigenvalue weighted by Gasteiger charge is -2.24. The number of aryl methyl sites for hydroxylation is 1. The standard InChI is InChI=1S/C13H22N2O3/c1-3-11-8-13(18-14-11)9-15(2)5-4-12-10-16-6-7-17-12/h8,12H,3-7,9-10H2,1-2H3. The van der Waals surface area contributed by atoms with Crippen molar-refractivity contribution in [1.82, 2.24) is 10.1 Å². The molecule has 0 aliphatic carbocycles. The van der Waals surface area contributed by atoms with E-state index in [0.717, 1.165) is 57.2 Å². The van der Waals surface area contributed by atoms with E-state index in [1.807, 2.05) is 6.07 Å². The van der Waals surface area contributed by atoms with Crippen molar-refractivity contribution < 1.29 is 14.0 Å². The van der Waals surface area contributed by atoms with Crippen molar-refractivity contribution >= 4 is 0 Å². The Hall–Kier alpha value is -0.910. The van der Waals surface area contributed by atoms with Gasteiger partial charge >= 0.3 is 0 Å².